The van der Waals surface area contributed by atoms with Crippen molar-refractivity contribution in [2.24, 2.45) is 11.8 Å². The molecule has 1 unspecified atom stereocenters. The van der Waals surface area contributed by atoms with Crippen LogP contribution in [0, 0.1) is 11.8 Å². The van der Waals surface area contributed by atoms with Gasteiger partial charge in [-0.25, -0.2) is 0 Å². The van der Waals surface area contributed by atoms with Crippen LogP contribution in [0.25, 0.3) is 10.1 Å². The first-order valence-corrected chi connectivity index (χ1v) is 8.73. The summed E-state index contributed by atoms with van der Waals surface area (Å²) in [4.78, 5) is 0. The van der Waals surface area contributed by atoms with Gasteiger partial charge in [0.2, 0.25) is 0 Å². The molecular weight excluding hydrogens is 278 g/mol. The molecule has 1 atom stereocenters. The Morgan fingerprint density at radius 1 is 1.24 bits per heavy atom. The largest absolute Gasteiger partial charge is 0.383 e. The molecular formula is C18H27NOS. The van der Waals surface area contributed by atoms with Crippen LogP contribution >= 0.6 is 11.3 Å². The molecule has 1 N–H and O–H groups in total. The first kappa shape index (κ1) is 16.5. The number of fused-ring (bicyclic) bond motifs is 1. The highest BCUT2D eigenvalue weighted by Gasteiger charge is 2.14. The van der Waals surface area contributed by atoms with Crippen LogP contribution in [0.15, 0.2) is 29.6 Å². The smallest absolute Gasteiger partial charge is 0.0587 e. The van der Waals surface area contributed by atoms with E-state index in [-0.39, 0.29) is 0 Å². The summed E-state index contributed by atoms with van der Waals surface area (Å²) in [7, 11) is 1.75. The highest BCUT2D eigenvalue weighted by atomic mass is 32.1. The summed E-state index contributed by atoms with van der Waals surface area (Å²) in [6, 6.07) is 8.75. The van der Waals surface area contributed by atoms with Crippen molar-refractivity contribution in [3.8, 4) is 0 Å². The molecule has 0 aliphatic rings. The van der Waals surface area contributed by atoms with Crippen molar-refractivity contribution in [3.63, 3.8) is 0 Å². The van der Waals surface area contributed by atoms with Gasteiger partial charge in [-0.05, 0) is 53.6 Å². The van der Waals surface area contributed by atoms with Gasteiger partial charge < -0.3 is 10.1 Å². The maximum atomic E-state index is 5.11. The zero-order valence-electron chi connectivity index (χ0n) is 13.4. The van der Waals surface area contributed by atoms with Crippen molar-refractivity contribution >= 4 is 21.4 Å². The molecule has 0 saturated heterocycles. The van der Waals surface area contributed by atoms with Crippen molar-refractivity contribution in [2.45, 2.75) is 26.7 Å². The molecule has 21 heavy (non-hydrogen) atoms. The lowest BCUT2D eigenvalue weighted by atomic mass is 9.90. The van der Waals surface area contributed by atoms with Crippen LogP contribution in [0.1, 0.15) is 25.8 Å². The van der Waals surface area contributed by atoms with Crippen LogP contribution in [0.4, 0.5) is 0 Å². The molecule has 0 radical (unpaired) electrons. The molecule has 3 heteroatoms. The van der Waals surface area contributed by atoms with Gasteiger partial charge in [-0.1, -0.05) is 32.0 Å². The average Bonchev–Trinajstić information content (AvgIpc) is 2.86. The Balaban J connectivity index is 1.99. The molecule has 0 amide bonds. The van der Waals surface area contributed by atoms with Gasteiger partial charge in [0.15, 0.2) is 0 Å². The molecule has 0 bridgehead atoms. The second-order valence-electron chi connectivity index (χ2n) is 6.15. The molecule has 116 valence electrons. The Morgan fingerprint density at radius 3 is 2.81 bits per heavy atom. The van der Waals surface area contributed by atoms with E-state index < -0.39 is 0 Å². The lowest BCUT2D eigenvalue weighted by Crippen LogP contribution is -2.28. The topological polar surface area (TPSA) is 21.3 Å². The molecule has 0 saturated carbocycles. The molecule has 2 aromatic rings. The summed E-state index contributed by atoms with van der Waals surface area (Å²) in [6.45, 7) is 7.43. The van der Waals surface area contributed by atoms with Crippen molar-refractivity contribution < 1.29 is 4.74 Å². The third kappa shape index (κ3) is 5.10. The van der Waals surface area contributed by atoms with Crippen LogP contribution in [0.2, 0.25) is 0 Å². The minimum absolute atomic E-state index is 0.694. The standard InChI is InChI=1S/C18H27NOS/c1-14(2)10-15(12-19-8-9-20-3)11-16-13-21-18-7-5-4-6-17(16)18/h4-7,13-15,19H,8-12H2,1-3H3. The van der Waals surface area contributed by atoms with E-state index in [0.717, 1.165) is 25.6 Å². The number of ether oxygens (including phenoxy) is 1. The summed E-state index contributed by atoms with van der Waals surface area (Å²) in [6.07, 6.45) is 2.44. The third-order valence-electron chi connectivity index (χ3n) is 3.79. The molecule has 0 fully saturated rings. The van der Waals surface area contributed by atoms with E-state index in [1.807, 2.05) is 11.3 Å². The van der Waals surface area contributed by atoms with Gasteiger partial charge in [-0.3, -0.25) is 0 Å². The van der Waals surface area contributed by atoms with Gasteiger partial charge in [0.1, 0.15) is 0 Å². The number of benzene rings is 1. The number of thiophene rings is 1. The van der Waals surface area contributed by atoms with E-state index in [1.54, 1.807) is 7.11 Å². The van der Waals surface area contributed by atoms with E-state index in [4.69, 9.17) is 4.74 Å². The number of hydrogen-bond acceptors (Lipinski definition) is 3. The van der Waals surface area contributed by atoms with E-state index in [1.165, 1.54) is 28.5 Å². The predicted molar refractivity (Wildman–Crippen MR) is 93.2 cm³/mol. The van der Waals surface area contributed by atoms with Gasteiger partial charge in [0.05, 0.1) is 6.61 Å². The molecule has 1 aromatic carbocycles. The second-order valence-corrected chi connectivity index (χ2v) is 7.06. The highest BCUT2D eigenvalue weighted by Crippen LogP contribution is 2.28. The normalized spacial score (nSPS) is 13.1. The van der Waals surface area contributed by atoms with E-state index in [9.17, 15) is 0 Å². The van der Waals surface area contributed by atoms with Crippen LogP contribution < -0.4 is 5.32 Å². The lowest BCUT2D eigenvalue weighted by Gasteiger charge is -2.19. The summed E-state index contributed by atoms with van der Waals surface area (Å²) in [5.41, 5.74) is 1.51. The summed E-state index contributed by atoms with van der Waals surface area (Å²) in [5, 5.41) is 7.31. The summed E-state index contributed by atoms with van der Waals surface area (Å²) >= 11 is 1.87. The fraction of sp³-hybridized carbons (Fsp3) is 0.556. The van der Waals surface area contributed by atoms with Gasteiger partial charge in [-0.15, -0.1) is 11.3 Å². The molecule has 0 spiro atoms. The Labute approximate surface area is 132 Å². The van der Waals surface area contributed by atoms with E-state index in [2.05, 4.69) is 48.8 Å². The van der Waals surface area contributed by atoms with Crippen LogP contribution in [-0.2, 0) is 11.2 Å². The number of methoxy groups -OCH3 is 1. The fourth-order valence-electron chi connectivity index (χ4n) is 2.89. The number of nitrogens with one attached hydrogen (secondary N) is 1. The predicted octanol–water partition coefficient (Wildman–Crippen LogP) is 4.34. The summed E-state index contributed by atoms with van der Waals surface area (Å²) < 4.78 is 6.51. The molecule has 2 nitrogen and oxygen atoms in total. The van der Waals surface area contributed by atoms with Crippen LogP contribution in [-0.4, -0.2) is 26.8 Å². The molecule has 0 aliphatic heterocycles. The Hall–Kier alpha value is -0.900. The molecule has 1 aromatic heterocycles. The zero-order chi connectivity index (χ0) is 15.1. The quantitative estimate of drug-likeness (QED) is 0.696. The van der Waals surface area contributed by atoms with Crippen molar-refractivity contribution in [1.82, 2.24) is 5.32 Å². The average molecular weight is 305 g/mol. The lowest BCUT2D eigenvalue weighted by molar-refractivity contribution is 0.197. The molecule has 2 rings (SSSR count). The first-order valence-electron chi connectivity index (χ1n) is 7.85. The Morgan fingerprint density at radius 2 is 2.05 bits per heavy atom. The number of rotatable bonds is 9. The van der Waals surface area contributed by atoms with Gasteiger partial charge in [0, 0.05) is 18.4 Å². The number of hydrogen-bond donors (Lipinski definition) is 1. The van der Waals surface area contributed by atoms with Crippen LogP contribution in [0.5, 0.6) is 0 Å². The van der Waals surface area contributed by atoms with Crippen LogP contribution in [0.3, 0.4) is 0 Å². The molecule has 0 aliphatic carbocycles. The van der Waals surface area contributed by atoms with Gasteiger partial charge in [0.25, 0.3) is 0 Å². The third-order valence-corrected chi connectivity index (χ3v) is 4.80. The van der Waals surface area contributed by atoms with E-state index in [0.29, 0.717) is 5.92 Å². The Kier molecular flexibility index (Phi) is 6.68. The second kappa shape index (κ2) is 8.52. The van der Waals surface area contributed by atoms with Crippen molar-refractivity contribution in [1.29, 1.82) is 0 Å². The minimum Gasteiger partial charge on any atom is -0.383 e. The van der Waals surface area contributed by atoms with Gasteiger partial charge in [-0.2, -0.15) is 0 Å². The Bertz CT molecular complexity index is 535. The summed E-state index contributed by atoms with van der Waals surface area (Å²) in [5.74, 6) is 1.43. The maximum absolute atomic E-state index is 5.11. The maximum Gasteiger partial charge on any atom is 0.0587 e. The van der Waals surface area contributed by atoms with Crippen molar-refractivity contribution in [3.05, 3.63) is 35.2 Å². The van der Waals surface area contributed by atoms with Crippen molar-refractivity contribution in [2.75, 3.05) is 26.8 Å². The van der Waals surface area contributed by atoms with E-state index >= 15 is 0 Å². The monoisotopic (exact) mass is 305 g/mol. The minimum atomic E-state index is 0.694. The SMILES string of the molecule is COCCNCC(Cc1csc2ccccc12)CC(C)C. The fourth-order valence-corrected chi connectivity index (χ4v) is 3.86. The first-order chi connectivity index (χ1) is 10.2. The highest BCUT2D eigenvalue weighted by molar-refractivity contribution is 7.17. The van der Waals surface area contributed by atoms with Gasteiger partial charge >= 0.3 is 0 Å². The molecule has 1 heterocycles. The zero-order valence-corrected chi connectivity index (χ0v) is 14.2.